The second-order valence-corrected chi connectivity index (χ2v) is 6.35. The molecular weight excluding hydrogens is 270 g/mol. The van der Waals surface area contributed by atoms with Gasteiger partial charge in [0.25, 0.3) is 0 Å². The van der Waals surface area contributed by atoms with E-state index >= 15 is 0 Å². The van der Waals surface area contributed by atoms with Gasteiger partial charge >= 0.3 is 5.97 Å². The summed E-state index contributed by atoms with van der Waals surface area (Å²) in [7, 11) is 0. The largest absolute Gasteiger partial charge is 0.480 e. The minimum atomic E-state index is -0.823. The molecule has 1 aliphatic heterocycles. The lowest BCUT2D eigenvalue weighted by atomic mass is 9.95. The second kappa shape index (κ2) is 8.71. The number of hydrogen-bond acceptors (Lipinski definition) is 4. The van der Waals surface area contributed by atoms with Gasteiger partial charge < -0.3 is 19.9 Å². The molecule has 1 aliphatic rings. The molecule has 5 nitrogen and oxygen atoms in total. The number of rotatable bonds is 9. The highest BCUT2D eigenvalue weighted by atomic mass is 16.5. The van der Waals surface area contributed by atoms with Gasteiger partial charge in [0.2, 0.25) is 0 Å². The summed E-state index contributed by atoms with van der Waals surface area (Å²) in [5.41, 5.74) is -0.823. The highest BCUT2D eigenvalue weighted by Gasteiger charge is 2.31. The summed E-state index contributed by atoms with van der Waals surface area (Å²) < 4.78 is 11.6. The molecular formula is C16H31NO4. The summed E-state index contributed by atoms with van der Waals surface area (Å²) in [6.45, 7) is 9.21. The van der Waals surface area contributed by atoms with E-state index in [-0.39, 0.29) is 18.3 Å². The predicted octanol–water partition coefficient (Wildman–Crippen LogP) is 2.58. The number of carboxylic acids is 1. The Morgan fingerprint density at radius 1 is 1.33 bits per heavy atom. The summed E-state index contributed by atoms with van der Waals surface area (Å²) in [5.74, 6) is -0.780. The maximum atomic E-state index is 11.3. The third kappa shape index (κ3) is 6.32. The summed E-state index contributed by atoms with van der Waals surface area (Å²) in [5, 5.41) is 12.3. The van der Waals surface area contributed by atoms with Crippen molar-refractivity contribution in [2.24, 2.45) is 0 Å². The van der Waals surface area contributed by atoms with Crippen LogP contribution in [-0.4, -0.2) is 48.1 Å². The van der Waals surface area contributed by atoms with Crippen LogP contribution in [0.2, 0.25) is 0 Å². The van der Waals surface area contributed by atoms with Crippen LogP contribution in [0.15, 0.2) is 0 Å². The van der Waals surface area contributed by atoms with Gasteiger partial charge in [-0.3, -0.25) is 4.79 Å². The number of carbonyl (C=O) groups is 1. The smallest absolute Gasteiger partial charge is 0.323 e. The zero-order chi connectivity index (χ0) is 15.9. The van der Waals surface area contributed by atoms with Crippen LogP contribution in [0, 0.1) is 0 Å². The van der Waals surface area contributed by atoms with Crippen molar-refractivity contribution in [3.8, 4) is 0 Å². The number of aliphatic carboxylic acids is 1. The van der Waals surface area contributed by atoms with Gasteiger partial charge in [-0.1, -0.05) is 6.92 Å². The number of likely N-dealkylation sites (N-methyl/N-ethyl adjacent to an activating group) is 1. The number of carboxylic acid groups (broad SMARTS) is 1. The maximum absolute atomic E-state index is 11.3. The van der Waals surface area contributed by atoms with Gasteiger partial charge in [-0.15, -0.1) is 0 Å². The molecule has 0 amide bonds. The summed E-state index contributed by atoms with van der Waals surface area (Å²) in [6.07, 6.45) is 5.09. The lowest BCUT2D eigenvalue weighted by Crippen LogP contribution is -2.49. The van der Waals surface area contributed by atoms with E-state index in [1.54, 1.807) is 6.92 Å². The van der Waals surface area contributed by atoms with E-state index in [0.717, 1.165) is 25.7 Å². The van der Waals surface area contributed by atoms with Gasteiger partial charge in [-0.25, -0.2) is 0 Å². The van der Waals surface area contributed by atoms with Crippen molar-refractivity contribution in [2.45, 2.75) is 83.6 Å². The van der Waals surface area contributed by atoms with E-state index in [2.05, 4.69) is 19.2 Å². The van der Waals surface area contributed by atoms with Crippen molar-refractivity contribution in [1.29, 1.82) is 0 Å². The maximum Gasteiger partial charge on any atom is 0.323 e. The molecule has 0 aromatic rings. The molecule has 21 heavy (non-hydrogen) atoms. The Morgan fingerprint density at radius 3 is 2.48 bits per heavy atom. The van der Waals surface area contributed by atoms with Gasteiger partial charge in [0.05, 0.1) is 18.3 Å². The third-order valence-electron chi connectivity index (χ3n) is 4.12. The topological polar surface area (TPSA) is 67.8 Å². The average Bonchev–Trinajstić information content (AvgIpc) is 2.37. The Morgan fingerprint density at radius 2 is 1.95 bits per heavy atom. The van der Waals surface area contributed by atoms with Gasteiger partial charge in [0, 0.05) is 6.61 Å². The molecule has 1 heterocycles. The minimum Gasteiger partial charge on any atom is -0.480 e. The Bertz CT molecular complexity index is 313. The fourth-order valence-corrected chi connectivity index (χ4v) is 2.97. The normalized spacial score (nSPS) is 29.0. The van der Waals surface area contributed by atoms with E-state index in [4.69, 9.17) is 9.47 Å². The lowest BCUT2D eigenvalue weighted by molar-refractivity contribution is -0.144. The van der Waals surface area contributed by atoms with Crippen LogP contribution < -0.4 is 5.32 Å². The zero-order valence-corrected chi connectivity index (χ0v) is 13.9. The molecule has 0 spiro atoms. The predicted molar refractivity (Wildman–Crippen MR) is 82.6 cm³/mol. The first-order chi connectivity index (χ1) is 9.87. The summed E-state index contributed by atoms with van der Waals surface area (Å²) in [4.78, 5) is 11.3. The molecule has 0 radical (unpaired) electrons. The monoisotopic (exact) mass is 301 g/mol. The van der Waals surface area contributed by atoms with Gasteiger partial charge in [-0.2, -0.15) is 0 Å². The van der Waals surface area contributed by atoms with Crippen molar-refractivity contribution in [3.63, 3.8) is 0 Å². The molecule has 1 saturated heterocycles. The molecule has 3 atom stereocenters. The number of unbranched alkanes of at least 4 members (excludes halogenated alkanes) is 1. The van der Waals surface area contributed by atoms with Crippen molar-refractivity contribution < 1.29 is 19.4 Å². The SMILES string of the molecule is CCNC(C)(CCCCOC1CC(C)OC(C)C1)C(=O)O. The zero-order valence-electron chi connectivity index (χ0n) is 13.9. The van der Waals surface area contributed by atoms with E-state index in [9.17, 15) is 9.90 Å². The minimum absolute atomic E-state index is 0.266. The molecule has 3 unspecified atom stereocenters. The van der Waals surface area contributed by atoms with Crippen LogP contribution in [-0.2, 0) is 14.3 Å². The lowest BCUT2D eigenvalue weighted by Gasteiger charge is -2.32. The first-order valence-corrected chi connectivity index (χ1v) is 8.13. The second-order valence-electron chi connectivity index (χ2n) is 6.35. The fourth-order valence-electron chi connectivity index (χ4n) is 2.97. The molecule has 5 heteroatoms. The Kier molecular flexibility index (Phi) is 7.63. The van der Waals surface area contributed by atoms with Gasteiger partial charge in [-0.05, 0) is 59.4 Å². The van der Waals surface area contributed by atoms with Crippen LogP contribution in [0.5, 0.6) is 0 Å². The van der Waals surface area contributed by atoms with Crippen LogP contribution in [0.4, 0.5) is 0 Å². The molecule has 0 aliphatic carbocycles. The highest BCUT2D eigenvalue weighted by molar-refractivity contribution is 5.78. The van der Waals surface area contributed by atoms with Crippen LogP contribution in [0.1, 0.15) is 59.8 Å². The van der Waals surface area contributed by atoms with Crippen molar-refractivity contribution in [1.82, 2.24) is 5.32 Å². The molecule has 0 aromatic carbocycles. The first-order valence-electron chi connectivity index (χ1n) is 8.13. The van der Waals surface area contributed by atoms with E-state index in [1.165, 1.54) is 0 Å². The summed E-state index contributed by atoms with van der Waals surface area (Å²) in [6, 6.07) is 0. The fraction of sp³-hybridized carbons (Fsp3) is 0.938. The van der Waals surface area contributed by atoms with E-state index < -0.39 is 11.5 Å². The third-order valence-corrected chi connectivity index (χ3v) is 4.12. The average molecular weight is 301 g/mol. The van der Waals surface area contributed by atoms with E-state index in [0.29, 0.717) is 19.6 Å². The van der Waals surface area contributed by atoms with Crippen molar-refractivity contribution in [3.05, 3.63) is 0 Å². The molecule has 0 bridgehead atoms. The first kappa shape index (κ1) is 18.4. The Labute approximate surface area is 128 Å². The van der Waals surface area contributed by atoms with Gasteiger partial charge in [0.15, 0.2) is 0 Å². The molecule has 0 aromatic heterocycles. The van der Waals surface area contributed by atoms with Gasteiger partial charge in [0.1, 0.15) is 5.54 Å². The van der Waals surface area contributed by atoms with Crippen LogP contribution >= 0.6 is 0 Å². The van der Waals surface area contributed by atoms with Crippen molar-refractivity contribution in [2.75, 3.05) is 13.2 Å². The quantitative estimate of drug-likeness (QED) is 0.641. The molecule has 1 fully saturated rings. The summed E-state index contributed by atoms with van der Waals surface area (Å²) >= 11 is 0. The number of hydrogen-bond donors (Lipinski definition) is 2. The molecule has 124 valence electrons. The van der Waals surface area contributed by atoms with Crippen LogP contribution in [0.3, 0.4) is 0 Å². The molecule has 2 N–H and O–H groups in total. The van der Waals surface area contributed by atoms with Crippen LogP contribution in [0.25, 0.3) is 0 Å². The Hall–Kier alpha value is -0.650. The molecule has 0 saturated carbocycles. The number of ether oxygens (including phenoxy) is 2. The highest BCUT2D eigenvalue weighted by Crippen LogP contribution is 2.22. The van der Waals surface area contributed by atoms with Crippen molar-refractivity contribution >= 4 is 5.97 Å². The number of nitrogens with one attached hydrogen (secondary N) is 1. The standard InChI is InChI=1S/C16H31NO4/c1-5-17-16(4,15(18)19)8-6-7-9-20-14-10-12(2)21-13(3)11-14/h12-14,17H,5-11H2,1-4H3,(H,18,19). The Balaban J connectivity index is 2.20. The molecule has 1 rings (SSSR count). The van der Waals surface area contributed by atoms with E-state index in [1.807, 2.05) is 6.92 Å².